The Kier molecular flexibility index (Phi) is 4.64. The lowest BCUT2D eigenvalue weighted by molar-refractivity contribution is 0.415. The highest BCUT2D eigenvalue weighted by Crippen LogP contribution is 2.39. The van der Waals surface area contributed by atoms with Crippen LogP contribution in [0.1, 0.15) is 5.56 Å². The molecule has 136 valence electrons. The zero-order valence-corrected chi connectivity index (χ0v) is 16.1. The molecule has 0 amide bonds. The van der Waals surface area contributed by atoms with Crippen molar-refractivity contribution in [2.24, 2.45) is 0 Å². The van der Waals surface area contributed by atoms with Crippen LogP contribution in [0.25, 0.3) is 21.3 Å². The molecular weight excluding hydrogens is 358 g/mol. The van der Waals surface area contributed by atoms with E-state index in [1.54, 1.807) is 31.9 Å². The molecule has 0 saturated heterocycles. The highest BCUT2D eigenvalue weighted by Gasteiger charge is 2.15. The predicted molar refractivity (Wildman–Crippen MR) is 110 cm³/mol. The lowest BCUT2D eigenvalue weighted by Gasteiger charge is -2.13. The van der Waals surface area contributed by atoms with Crippen molar-refractivity contribution in [2.45, 2.75) is 6.92 Å². The number of nitrogens with zero attached hydrogens (tertiary/aromatic N) is 2. The first-order valence-corrected chi connectivity index (χ1v) is 9.36. The minimum atomic E-state index is 0.760. The first-order valence-electron chi connectivity index (χ1n) is 8.48. The maximum atomic E-state index is 5.49. The number of fused-ring (bicyclic) bond motifs is 1. The Morgan fingerprint density at radius 1 is 0.963 bits per heavy atom. The van der Waals surface area contributed by atoms with Gasteiger partial charge in [-0.05, 0) is 42.3 Å². The third kappa shape index (κ3) is 3.31. The average Bonchev–Trinajstić information content (AvgIpc) is 3.13. The first-order chi connectivity index (χ1) is 13.2. The van der Waals surface area contributed by atoms with Gasteiger partial charge in [-0.15, -0.1) is 11.3 Å². The van der Waals surface area contributed by atoms with Gasteiger partial charge in [-0.25, -0.2) is 9.97 Å². The van der Waals surface area contributed by atoms with Gasteiger partial charge in [0.05, 0.1) is 25.3 Å². The van der Waals surface area contributed by atoms with Gasteiger partial charge in [-0.3, -0.25) is 0 Å². The second-order valence-corrected chi connectivity index (χ2v) is 6.97. The third-order valence-electron chi connectivity index (χ3n) is 4.38. The lowest BCUT2D eigenvalue weighted by atomic mass is 10.1. The van der Waals surface area contributed by atoms with Gasteiger partial charge < -0.3 is 14.8 Å². The summed E-state index contributed by atoms with van der Waals surface area (Å²) < 4.78 is 10.8. The highest BCUT2D eigenvalue weighted by molar-refractivity contribution is 7.17. The fourth-order valence-corrected chi connectivity index (χ4v) is 3.92. The summed E-state index contributed by atoms with van der Waals surface area (Å²) in [6.45, 7) is 2.05. The molecule has 0 spiro atoms. The molecule has 6 heteroatoms. The van der Waals surface area contributed by atoms with Gasteiger partial charge in [-0.1, -0.05) is 18.2 Å². The lowest BCUT2D eigenvalue weighted by Crippen LogP contribution is -1.98. The van der Waals surface area contributed by atoms with E-state index in [9.17, 15) is 0 Å². The molecule has 0 atom stereocenters. The van der Waals surface area contributed by atoms with E-state index >= 15 is 0 Å². The van der Waals surface area contributed by atoms with E-state index in [2.05, 4.69) is 20.7 Å². The minimum absolute atomic E-state index is 0.760. The molecule has 2 aromatic carbocycles. The number of hydrogen-bond donors (Lipinski definition) is 1. The number of aryl methyl sites for hydroxylation is 1. The van der Waals surface area contributed by atoms with Crippen molar-refractivity contribution in [3.8, 4) is 22.6 Å². The fourth-order valence-electron chi connectivity index (χ4n) is 3.00. The summed E-state index contributed by atoms with van der Waals surface area (Å²) in [5, 5.41) is 6.54. The number of ether oxygens (including phenoxy) is 2. The zero-order valence-electron chi connectivity index (χ0n) is 15.3. The number of rotatable bonds is 5. The summed E-state index contributed by atoms with van der Waals surface area (Å²) in [6.07, 6.45) is 1.58. The van der Waals surface area contributed by atoms with Crippen LogP contribution >= 0.6 is 11.3 Å². The summed E-state index contributed by atoms with van der Waals surface area (Å²) in [4.78, 5) is 9.87. The van der Waals surface area contributed by atoms with Crippen molar-refractivity contribution in [2.75, 3.05) is 19.5 Å². The number of thiophene rings is 1. The van der Waals surface area contributed by atoms with E-state index in [-0.39, 0.29) is 0 Å². The summed E-state index contributed by atoms with van der Waals surface area (Å²) in [5.74, 6) is 2.36. The van der Waals surface area contributed by atoms with Crippen molar-refractivity contribution >= 4 is 33.1 Å². The Balaban J connectivity index is 1.82. The normalized spacial score (nSPS) is 10.8. The monoisotopic (exact) mass is 377 g/mol. The van der Waals surface area contributed by atoms with Crippen molar-refractivity contribution in [1.82, 2.24) is 9.97 Å². The van der Waals surface area contributed by atoms with Crippen LogP contribution in [0.15, 0.2) is 54.2 Å². The molecule has 2 aromatic heterocycles. The van der Waals surface area contributed by atoms with Crippen LogP contribution in [0.3, 0.4) is 0 Å². The molecule has 0 saturated carbocycles. The van der Waals surface area contributed by atoms with Crippen LogP contribution in [-0.2, 0) is 0 Å². The van der Waals surface area contributed by atoms with Crippen molar-refractivity contribution in [3.05, 3.63) is 59.7 Å². The quantitative estimate of drug-likeness (QED) is 0.503. The average molecular weight is 377 g/mol. The van der Waals surface area contributed by atoms with Crippen LogP contribution in [0, 0.1) is 6.92 Å². The molecule has 2 heterocycles. The van der Waals surface area contributed by atoms with Crippen LogP contribution in [-0.4, -0.2) is 24.2 Å². The molecule has 0 radical (unpaired) electrons. The molecule has 4 rings (SSSR count). The summed E-state index contributed by atoms with van der Waals surface area (Å²) >= 11 is 1.60. The summed E-state index contributed by atoms with van der Waals surface area (Å²) in [5.41, 5.74) is 4.21. The number of aromatic nitrogens is 2. The molecule has 1 N–H and O–H groups in total. The van der Waals surface area contributed by atoms with Crippen LogP contribution in [0.4, 0.5) is 11.5 Å². The number of nitrogens with one attached hydrogen (secondary N) is 1. The van der Waals surface area contributed by atoms with Crippen LogP contribution < -0.4 is 14.8 Å². The second kappa shape index (κ2) is 7.25. The van der Waals surface area contributed by atoms with Gasteiger partial charge in [0.1, 0.15) is 28.5 Å². The van der Waals surface area contributed by atoms with Gasteiger partial charge in [-0.2, -0.15) is 0 Å². The maximum absolute atomic E-state index is 5.49. The van der Waals surface area contributed by atoms with Gasteiger partial charge in [0, 0.05) is 10.9 Å². The molecule has 0 aliphatic carbocycles. The first kappa shape index (κ1) is 17.3. The molecule has 0 fully saturated rings. The van der Waals surface area contributed by atoms with E-state index < -0.39 is 0 Å². The van der Waals surface area contributed by atoms with E-state index in [1.807, 2.05) is 49.4 Å². The van der Waals surface area contributed by atoms with E-state index in [4.69, 9.17) is 9.47 Å². The van der Waals surface area contributed by atoms with Crippen molar-refractivity contribution < 1.29 is 9.47 Å². The Hall–Kier alpha value is -3.12. The largest absolute Gasteiger partial charge is 0.497 e. The zero-order chi connectivity index (χ0) is 18.8. The fraction of sp³-hybridized carbons (Fsp3) is 0.143. The maximum Gasteiger partial charge on any atom is 0.143 e. The Bertz CT molecular complexity index is 1090. The Labute approximate surface area is 161 Å². The SMILES string of the molecule is COc1ccc(-c2csc3ncnc(Nc4cc(C)ccc4OC)c23)cc1. The highest BCUT2D eigenvalue weighted by atomic mass is 32.1. The van der Waals surface area contributed by atoms with Gasteiger partial charge in [0.15, 0.2) is 0 Å². The predicted octanol–water partition coefficient (Wildman–Crippen LogP) is 5.43. The molecule has 27 heavy (non-hydrogen) atoms. The van der Waals surface area contributed by atoms with Crippen molar-refractivity contribution in [3.63, 3.8) is 0 Å². The van der Waals surface area contributed by atoms with E-state index in [0.29, 0.717) is 0 Å². The smallest absolute Gasteiger partial charge is 0.143 e. The molecule has 4 aromatic rings. The number of hydrogen-bond acceptors (Lipinski definition) is 6. The van der Waals surface area contributed by atoms with Gasteiger partial charge in [0.2, 0.25) is 0 Å². The summed E-state index contributed by atoms with van der Waals surface area (Å²) in [7, 11) is 3.33. The van der Waals surface area contributed by atoms with Crippen molar-refractivity contribution in [1.29, 1.82) is 0 Å². The number of anilines is 2. The van der Waals surface area contributed by atoms with Gasteiger partial charge in [0.25, 0.3) is 0 Å². The van der Waals surface area contributed by atoms with Crippen LogP contribution in [0.5, 0.6) is 11.5 Å². The molecule has 0 aliphatic heterocycles. The molecule has 0 bridgehead atoms. The second-order valence-electron chi connectivity index (χ2n) is 6.11. The molecule has 0 aliphatic rings. The third-order valence-corrected chi connectivity index (χ3v) is 5.27. The molecule has 5 nitrogen and oxygen atoms in total. The minimum Gasteiger partial charge on any atom is -0.497 e. The van der Waals surface area contributed by atoms with Crippen LogP contribution in [0.2, 0.25) is 0 Å². The van der Waals surface area contributed by atoms with E-state index in [0.717, 1.165) is 49.9 Å². The standard InChI is InChI=1S/C21H19N3O2S/c1-13-4-9-18(26-3)17(10-13)24-20-19-16(11-27-21(19)23-12-22-20)14-5-7-15(25-2)8-6-14/h4-12H,1-3H3,(H,22,23,24). The van der Waals surface area contributed by atoms with Gasteiger partial charge >= 0.3 is 0 Å². The summed E-state index contributed by atoms with van der Waals surface area (Å²) in [6, 6.07) is 14.0. The number of methoxy groups -OCH3 is 2. The molecule has 0 unspecified atom stereocenters. The Morgan fingerprint density at radius 3 is 2.52 bits per heavy atom. The Morgan fingerprint density at radius 2 is 1.78 bits per heavy atom. The van der Waals surface area contributed by atoms with E-state index in [1.165, 1.54) is 0 Å². The number of benzene rings is 2. The topological polar surface area (TPSA) is 56.3 Å². The molecular formula is C21H19N3O2S.